The van der Waals surface area contributed by atoms with Gasteiger partial charge in [-0.05, 0) is 43.4 Å². The zero-order chi connectivity index (χ0) is 17.1. The van der Waals surface area contributed by atoms with Gasteiger partial charge < -0.3 is 10.0 Å². The van der Waals surface area contributed by atoms with Gasteiger partial charge in [0.15, 0.2) is 0 Å². The minimum absolute atomic E-state index is 0.167. The van der Waals surface area contributed by atoms with Crippen molar-refractivity contribution in [3.63, 3.8) is 0 Å². The van der Waals surface area contributed by atoms with Crippen molar-refractivity contribution in [3.8, 4) is 0 Å². The van der Waals surface area contributed by atoms with Crippen molar-refractivity contribution in [2.24, 2.45) is 0 Å². The van der Waals surface area contributed by atoms with E-state index in [1.165, 1.54) is 6.07 Å². The number of aryl methyl sites for hydroxylation is 1. The summed E-state index contributed by atoms with van der Waals surface area (Å²) in [6, 6.07) is 5.13. The molecule has 6 nitrogen and oxygen atoms in total. The molecule has 1 aromatic carbocycles. The molecule has 3 rings (SSSR count). The third-order valence-corrected chi connectivity index (χ3v) is 4.69. The van der Waals surface area contributed by atoms with Gasteiger partial charge in [0.25, 0.3) is 0 Å². The van der Waals surface area contributed by atoms with Gasteiger partial charge in [-0.15, -0.1) is 0 Å². The Kier molecular flexibility index (Phi) is 5.11. The molecule has 2 N–H and O–H groups in total. The van der Waals surface area contributed by atoms with Crippen molar-refractivity contribution in [3.05, 3.63) is 52.0 Å². The molecule has 1 aromatic heterocycles. The summed E-state index contributed by atoms with van der Waals surface area (Å²) in [7, 11) is 0. The van der Waals surface area contributed by atoms with Crippen LogP contribution in [0, 0.1) is 12.7 Å². The minimum Gasteiger partial charge on any atom is -0.391 e. The second-order valence-corrected chi connectivity index (χ2v) is 6.54. The Morgan fingerprint density at radius 2 is 2.17 bits per heavy atom. The number of nitrogens with one attached hydrogen (secondary N) is 1. The van der Waals surface area contributed by atoms with Crippen molar-refractivity contribution in [2.45, 2.75) is 38.3 Å². The fourth-order valence-electron chi connectivity index (χ4n) is 3.37. The number of hydrogen-bond donors (Lipinski definition) is 2. The van der Waals surface area contributed by atoms with Gasteiger partial charge in [-0.3, -0.25) is 4.57 Å². The van der Waals surface area contributed by atoms with E-state index in [1.54, 1.807) is 30.0 Å². The van der Waals surface area contributed by atoms with Crippen LogP contribution in [0.5, 0.6) is 0 Å². The summed E-state index contributed by atoms with van der Waals surface area (Å²) >= 11 is 0. The van der Waals surface area contributed by atoms with Crippen LogP contribution in [0.4, 0.5) is 4.39 Å². The maximum atomic E-state index is 13.3. The molecule has 24 heavy (non-hydrogen) atoms. The smallest absolute Gasteiger partial charge is 0.343 e. The topological polar surface area (TPSA) is 74.2 Å². The van der Waals surface area contributed by atoms with Gasteiger partial charge in [0, 0.05) is 25.7 Å². The van der Waals surface area contributed by atoms with Crippen molar-refractivity contribution in [1.82, 2.24) is 19.7 Å². The van der Waals surface area contributed by atoms with Gasteiger partial charge in [-0.2, -0.15) is 5.10 Å². The van der Waals surface area contributed by atoms with Crippen LogP contribution in [0.1, 0.15) is 30.0 Å². The lowest BCUT2D eigenvalue weighted by molar-refractivity contribution is 0.0902. The zero-order valence-corrected chi connectivity index (χ0v) is 13.8. The number of halogens is 1. The number of rotatable bonds is 5. The highest BCUT2D eigenvalue weighted by molar-refractivity contribution is 5.24. The maximum absolute atomic E-state index is 13.3. The van der Waals surface area contributed by atoms with E-state index in [0.29, 0.717) is 18.5 Å². The Bertz CT molecular complexity index is 734. The molecule has 0 radical (unpaired) electrons. The van der Waals surface area contributed by atoms with E-state index < -0.39 is 6.10 Å². The quantitative estimate of drug-likeness (QED) is 0.863. The van der Waals surface area contributed by atoms with Gasteiger partial charge in [0.05, 0.1) is 6.10 Å². The van der Waals surface area contributed by atoms with E-state index in [9.17, 15) is 14.3 Å². The van der Waals surface area contributed by atoms with Crippen LogP contribution >= 0.6 is 0 Å². The van der Waals surface area contributed by atoms with Gasteiger partial charge in [0.1, 0.15) is 12.1 Å². The lowest BCUT2D eigenvalue weighted by Crippen LogP contribution is -2.41. The maximum Gasteiger partial charge on any atom is 0.343 e. The summed E-state index contributed by atoms with van der Waals surface area (Å²) in [6.07, 6.45) is 3.31. The largest absolute Gasteiger partial charge is 0.391 e. The summed E-state index contributed by atoms with van der Waals surface area (Å²) < 4.78 is 14.9. The Labute approximate surface area is 139 Å². The summed E-state index contributed by atoms with van der Waals surface area (Å²) in [5.41, 5.74) is 1.38. The number of β-amino-alcohol motifs (C(OH)–C–C–N with tert-alkyl or cyclic N) is 1. The monoisotopic (exact) mass is 334 g/mol. The van der Waals surface area contributed by atoms with Crippen LogP contribution in [-0.2, 0) is 6.42 Å². The van der Waals surface area contributed by atoms with Gasteiger partial charge in [-0.1, -0.05) is 12.1 Å². The Morgan fingerprint density at radius 3 is 2.79 bits per heavy atom. The van der Waals surface area contributed by atoms with E-state index in [2.05, 4.69) is 15.1 Å². The Balaban J connectivity index is 1.49. The molecule has 0 amide bonds. The van der Waals surface area contributed by atoms with E-state index in [0.717, 1.165) is 31.5 Å². The Morgan fingerprint density at radius 1 is 1.42 bits per heavy atom. The highest BCUT2D eigenvalue weighted by Crippen LogP contribution is 2.21. The van der Waals surface area contributed by atoms with Crippen molar-refractivity contribution in [1.29, 1.82) is 0 Å². The number of benzene rings is 1. The molecule has 0 spiro atoms. The highest BCUT2D eigenvalue weighted by atomic mass is 19.1. The van der Waals surface area contributed by atoms with Gasteiger partial charge in [0.2, 0.25) is 0 Å². The first-order valence-electron chi connectivity index (χ1n) is 8.30. The van der Waals surface area contributed by atoms with Crippen LogP contribution < -0.4 is 5.69 Å². The van der Waals surface area contributed by atoms with Crippen LogP contribution in [0.15, 0.2) is 29.3 Å². The average Bonchev–Trinajstić information content (AvgIpc) is 2.98. The molecule has 0 saturated carbocycles. The van der Waals surface area contributed by atoms with Crippen LogP contribution in [0.25, 0.3) is 0 Å². The number of hydrogen-bond acceptors (Lipinski definition) is 4. The predicted molar refractivity (Wildman–Crippen MR) is 88.4 cm³/mol. The first kappa shape index (κ1) is 16.9. The average molecular weight is 334 g/mol. The number of likely N-dealkylation sites (tertiary alicyclic amines) is 1. The van der Waals surface area contributed by atoms with Crippen LogP contribution in [0.3, 0.4) is 0 Å². The molecule has 2 heterocycles. The van der Waals surface area contributed by atoms with E-state index in [4.69, 9.17) is 0 Å². The molecule has 2 aromatic rings. The molecule has 1 aliphatic heterocycles. The van der Waals surface area contributed by atoms with Gasteiger partial charge >= 0.3 is 5.69 Å². The Hall–Kier alpha value is -1.99. The number of aliphatic hydroxyl groups is 1. The summed E-state index contributed by atoms with van der Waals surface area (Å²) in [6.45, 7) is 3.99. The number of nitrogens with zero attached hydrogens (tertiary/aromatic N) is 3. The fraction of sp³-hybridized carbons (Fsp3) is 0.529. The lowest BCUT2D eigenvalue weighted by atomic mass is 10.0. The first-order valence-corrected chi connectivity index (χ1v) is 8.30. The third-order valence-electron chi connectivity index (χ3n) is 4.69. The normalized spacial score (nSPS) is 18.0. The number of aromatic amines is 1. The van der Waals surface area contributed by atoms with E-state index in [-0.39, 0.29) is 17.5 Å². The molecule has 130 valence electrons. The van der Waals surface area contributed by atoms with Gasteiger partial charge in [-0.25, -0.2) is 14.3 Å². The predicted octanol–water partition coefficient (Wildman–Crippen LogP) is 1.26. The van der Waals surface area contributed by atoms with E-state index >= 15 is 0 Å². The molecule has 1 aliphatic rings. The van der Waals surface area contributed by atoms with Crippen LogP contribution in [-0.4, -0.2) is 50.5 Å². The SMILES string of the molecule is Cc1cc(CC(O)CN2CCC(n3cn[nH]c3=O)CC2)ccc1F. The second-order valence-electron chi connectivity index (χ2n) is 6.54. The molecular weight excluding hydrogens is 311 g/mol. The number of H-pyrrole nitrogens is 1. The number of aromatic nitrogens is 3. The molecular formula is C17H23FN4O2. The molecule has 1 fully saturated rings. The molecule has 1 atom stereocenters. The summed E-state index contributed by atoms with van der Waals surface area (Å²) in [5, 5.41) is 16.5. The molecule has 0 aliphatic carbocycles. The van der Waals surface area contributed by atoms with Crippen molar-refractivity contribution >= 4 is 0 Å². The first-order chi connectivity index (χ1) is 11.5. The van der Waals surface area contributed by atoms with Crippen molar-refractivity contribution in [2.75, 3.05) is 19.6 Å². The summed E-state index contributed by atoms with van der Waals surface area (Å²) in [4.78, 5) is 13.8. The minimum atomic E-state index is -0.483. The van der Waals surface area contributed by atoms with Crippen molar-refractivity contribution < 1.29 is 9.50 Å². The number of aliphatic hydroxyl groups excluding tert-OH is 1. The second kappa shape index (κ2) is 7.27. The molecule has 1 saturated heterocycles. The molecule has 0 bridgehead atoms. The molecule has 7 heteroatoms. The third kappa shape index (κ3) is 3.91. The fourth-order valence-corrected chi connectivity index (χ4v) is 3.37. The zero-order valence-electron chi connectivity index (χ0n) is 13.8. The van der Waals surface area contributed by atoms with Crippen LogP contribution in [0.2, 0.25) is 0 Å². The number of piperidine rings is 1. The standard InChI is InChI=1S/C17H23FN4O2/c1-12-8-13(2-3-16(12)18)9-15(23)10-21-6-4-14(5-7-21)22-11-19-20-17(22)24/h2-3,8,11,14-15,23H,4-7,9-10H2,1H3,(H,20,24). The lowest BCUT2D eigenvalue weighted by Gasteiger charge is -2.33. The summed E-state index contributed by atoms with van der Waals surface area (Å²) in [5.74, 6) is -0.218. The van der Waals surface area contributed by atoms with E-state index in [1.807, 2.05) is 0 Å². The highest BCUT2D eigenvalue weighted by Gasteiger charge is 2.23. The molecule has 1 unspecified atom stereocenters.